The molecule has 0 fully saturated rings. The maximum absolute atomic E-state index is 14.0. The van der Waals surface area contributed by atoms with Gasteiger partial charge in [-0.15, -0.1) is 0 Å². The zero-order valence-electron chi connectivity index (χ0n) is 12.1. The third-order valence-corrected chi connectivity index (χ3v) is 4.02. The van der Waals surface area contributed by atoms with Gasteiger partial charge in [-0.1, -0.05) is 24.6 Å². The largest absolute Gasteiger partial charge is 0.329 e. The summed E-state index contributed by atoms with van der Waals surface area (Å²) in [5.41, 5.74) is 7.63. The van der Waals surface area contributed by atoms with Gasteiger partial charge < -0.3 is 5.73 Å². The first-order valence-electron chi connectivity index (χ1n) is 6.52. The maximum Gasteiger partial charge on any atom is 0.128 e. The first-order chi connectivity index (χ1) is 8.33. The number of hydrogen-bond donors (Lipinski definition) is 1. The van der Waals surface area contributed by atoms with Crippen LogP contribution in [0.15, 0.2) is 18.2 Å². The quantitative estimate of drug-likeness (QED) is 0.871. The van der Waals surface area contributed by atoms with E-state index in [-0.39, 0.29) is 17.4 Å². The summed E-state index contributed by atoms with van der Waals surface area (Å²) in [5, 5.41) is 0. The molecule has 1 rings (SSSR count). The topological polar surface area (TPSA) is 29.3 Å². The Balaban J connectivity index is 3.13. The molecule has 0 aliphatic rings. The third-order valence-electron chi connectivity index (χ3n) is 4.02. The van der Waals surface area contributed by atoms with Crippen molar-refractivity contribution in [1.82, 2.24) is 4.90 Å². The Morgan fingerprint density at radius 2 is 2.00 bits per heavy atom. The van der Waals surface area contributed by atoms with Gasteiger partial charge >= 0.3 is 0 Å². The van der Waals surface area contributed by atoms with Crippen molar-refractivity contribution in [2.24, 2.45) is 5.73 Å². The molecule has 2 nitrogen and oxygen atoms in total. The van der Waals surface area contributed by atoms with Crippen molar-refractivity contribution in [2.75, 3.05) is 13.6 Å². The van der Waals surface area contributed by atoms with Gasteiger partial charge in [0.25, 0.3) is 0 Å². The number of aryl methyl sites for hydroxylation is 1. The zero-order chi connectivity index (χ0) is 13.9. The van der Waals surface area contributed by atoms with E-state index in [4.69, 9.17) is 5.73 Å². The summed E-state index contributed by atoms with van der Waals surface area (Å²) in [7, 11) is 2.02. The van der Waals surface area contributed by atoms with Crippen LogP contribution < -0.4 is 5.73 Å². The summed E-state index contributed by atoms with van der Waals surface area (Å²) in [6.45, 7) is 8.84. The second kappa shape index (κ2) is 5.81. The molecule has 0 amide bonds. The smallest absolute Gasteiger partial charge is 0.128 e. The number of halogens is 1. The highest BCUT2D eigenvalue weighted by Crippen LogP contribution is 2.29. The second-order valence-corrected chi connectivity index (χ2v) is 5.55. The van der Waals surface area contributed by atoms with Gasteiger partial charge in [0.05, 0.1) is 6.04 Å². The molecule has 0 saturated carbocycles. The predicted molar refractivity (Wildman–Crippen MR) is 75.1 cm³/mol. The Hall–Kier alpha value is -0.930. The van der Waals surface area contributed by atoms with Crippen LogP contribution >= 0.6 is 0 Å². The predicted octanol–water partition coefficient (Wildman–Crippen LogP) is 3.25. The SMILES string of the molecule is CCC(C)(C)N(C)C(CN)c1cc(C)ccc1F. The van der Waals surface area contributed by atoms with E-state index in [2.05, 4.69) is 25.7 Å². The van der Waals surface area contributed by atoms with Crippen molar-refractivity contribution in [3.63, 3.8) is 0 Å². The van der Waals surface area contributed by atoms with E-state index in [1.54, 1.807) is 6.07 Å². The van der Waals surface area contributed by atoms with Gasteiger partial charge in [0.15, 0.2) is 0 Å². The molecule has 0 heterocycles. The molecule has 1 aromatic carbocycles. The van der Waals surface area contributed by atoms with Crippen molar-refractivity contribution < 1.29 is 4.39 Å². The summed E-state index contributed by atoms with van der Waals surface area (Å²) < 4.78 is 14.0. The number of rotatable bonds is 5. The van der Waals surface area contributed by atoms with E-state index in [0.717, 1.165) is 12.0 Å². The minimum atomic E-state index is -0.171. The fraction of sp³-hybridized carbons (Fsp3) is 0.600. The molecule has 1 unspecified atom stereocenters. The lowest BCUT2D eigenvalue weighted by Crippen LogP contribution is -2.45. The normalized spacial score (nSPS) is 14.0. The molecule has 0 saturated heterocycles. The van der Waals surface area contributed by atoms with Crippen LogP contribution in [0.4, 0.5) is 4.39 Å². The van der Waals surface area contributed by atoms with Gasteiger partial charge in [0, 0.05) is 17.6 Å². The maximum atomic E-state index is 14.0. The molecule has 3 heteroatoms. The van der Waals surface area contributed by atoms with Crippen molar-refractivity contribution >= 4 is 0 Å². The number of likely N-dealkylation sites (N-methyl/N-ethyl adjacent to an activating group) is 1. The lowest BCUT2D eigenvalue weighted by atomic mass is 9.94. The van der Waals surface area contributed by atoms with Crippen LogP contribution in [0.3, 0.4) is 0 Å². The average molecular weight is 252 g/mol. The number of benzene rings is 1. The van der Waals surface area contributed by atoms with Crippen LogP contribution in [0.2, 0.25) is 0 Å². The van der Waals surface area contributed by atoms with Crippen molar-refractivity contribution in [3.8, 4) is 0 Å². The molecule has 0 bridgehead atoms. The van der Waals surface area contributed by atoms with Crippen molar-refractivity contribution in [1.29, 1.82) is 0 Å². The van der Waals surface area contributed by atoms with E-state index < -0.39 is 0 Å². The molecular formula is C15H25FN2. The van der Waals surface area contributed by atoms with E-state index in [1.165, 1.54) is 6.07 Å². The fourth-order valence-corrected chi connectivity index (χ4v) is 2.08. The Morgan fingerprint density at radius 3 is 2.50 bits per heavy atom. The molecule has 0 radical (unpaired) electrons. The highest BCUT2D eigenvalue weighted by atomic mass is 19.1. The van der Waals surface area contributed by atoms with Gasteiger partial charge in [-0.25, -0.2) is 4.39 Å². The van der Waals surface area contributed by atoms with Crippen molar-refractivity contribution in [2.45, 2.75) is 45.7 Å². The Labute approximate surface area is 110 Å². The van der Waals surface area contributed by atoms with Crippen molar-refractivity contribution in [3.05, 3.63) is 35.1 Å². The minimum Gasteiger partial charge on any atom is -0.329 e. The molecular weight excluding hydrogens is 227 g/mol. The van der Waals surface area contributed by atoms with Crippen LogP contribution in [0.25, 0.3) is 0 Å². The molecule has 0 aliphatic carbocycles. The summed E-state index contributed by atoms with van der Waals surface area (Å²) in [5.74, 6) is -0.171. The molecule has 2 N–H and O–H groups in total. The highest BCUT2D eigenvalue weighted by Gasteiger charge is 2.29. The molecule has 1 aromatic rings. The lowest BCUT2D eigenvalue weighted by molar-refractivity contribution is 0.0985. The summed E-state index contributed by atoms with van der Waals surface area (Å²) in [4.78, 5) is 2.17. The van der Waals surface area contributed by atoms with E-state index in [9.17, 15) is 4.39 Å². The van der Waals surface area contributed by atoms with Crippen LogP contribution in [0.1, 0.15) is 44.4 Å². The van der Waals surface area contributed by atoms with E-state index >= 15 is 0 Å². The summed E-state index contributed by atoms with van der Waals surface area (Å²) >= 11 is 0. The molecule has 0 aromatic heterocycles. The minimum absolute atomic E-state index is 0.000221. The highest BCUT2D eigenvalue weighted by molar-refractivity contribution is 5.27. The molecule has 1 atom stereocenters. The molecule has 0 aliphatic heterocycles. The Morgan fingerprint density at radius 1 is 1.39 bits per heavy atom. The van der Waals surface area contributed by atoms with Crippen LogP contribution in [0, 0.1) is 12.7 Å². The summed E-state index contributed by atoms with van der Waals surface area (Å²) in [6, 6.07) is 5.13. The standard InChI is InChI=1S/C15H25FN2/c1-6-15(3,4)18(5)14(10-17)12-9-11(2)7-8-13(12)16/h7-9,14H,6,10,17H2,1-5H3. The third kappa shape index (κ3) is 3.09. The lowest BCUT2D eigenvalue weighted by Gasteiger charge is -2.40. The van der Waals surface area contributed by atoms with Gasteiger partial charge in [-0.05, 0) is 40.3 Å². The van der Waals surface area contributed by atoms with Gasteiger partial charge in [0.2, 0.25) is 0 Å². The Kier molecular flexibility index (Phi) is 4.88. The number of nitrogens with zero attached hydrogens (tertiary/aromatic N) is 1. The molecule has 102 valence electrons. The second-order valence-electron chi connectivity index (χ2n) is 5.55. The van der Waals surface area contributed by atoms with Crippen LogP contribution in [-0.4, -0.2) is 24.0 Å². The van der Waals surface area contributed by atoms with Gasteiger partial charge in [0.1, 0.15) is 5.82 Å². The fourth-order valence-electron chi connectivity index (χ4n) is 2.08. The Bertz CT molecular complexity index is 401. The first-order valence-corrected chi connectivity index (χ1v) is 6.52. The molecule has 0 spiro atoms. The molecule has 18 heavy (non-hydrogen) atoms. The average Bonchev–Trinajstić information content (AvgIpc) is 2.34. The number of hydrogen-bond acceptors (Lipinski definition) is 2. The van der Waals surface area contributed by atoms with Crippen LogP contribution in [-0.2, 0) is 0 Å². The van der Waals surface area contributed by atoms with E-state index in [1.807, 2.05) is 20.0 Å². The van der Waals surface area contributed by atoms with Gasteiger partial charge in [-0.2, -0.15) is 0 Å². The van der Waals surface area contributed by atoms with Gasteiger partial charge in [-0.3, -0.25) is 4.90 Å². The van der Waals surface area contributed by atoms with E-state index in [0.29, 0.717) is 12.1 Å². The first kappa shape index (κ1) is 15.1. The zero-order valence-corrected chi connectivity index (χ0v) is 12.1. The summed E-state index contributed by atoms with van der Waals surface area (Å²) in [6.07, 6.45) is 0.993. The monoisotopic (exact) mass is 252 g/mol. The number of nitrogens with two attached hydrogens (primary N) is 1. The van der Waals surface area contributed by atoms with Crippen LogP contribution in [0.5, 0.6) is 0 Å².